The number of hydrogen-bond donors (Lipinski definition) is 0. The van der Waals surface area contributed by atoms with E-state index in [0.29, 0.717) is 42.5 Å². The highest BCUT2D eigenvalue weighted by atomic mass is 35.5. The summed E-state index contributed by atoms with van der Waals surface area (Å²) in [5, 5.41) is 18.7. The van der Waals surface area contributed by atoms with Crippen LogP contribution in [0.1, 0.15) is 17.2 Å². The van der Waals surface area contributed by atoms with Gasteiger partial charge in [0.25, 0.3) is 5.91 Å². The van der Waals surface area contributed by atoms with Crippen LogP contribution >= 0.6 is 11.6 Å². The molecule has 0 radical (unpaired) electrons. The number of carbonyl (C=O) groups is 1. The molecule has 1 atom stereocenters. The third kappa shape index (κ3) is 4.61. The first-order valence-corrected chi connectivity index (χ1v) is 9.29. The SMILES string of the molecule is N#Cc1ccc(OCC(=O)N2CCN(C(C#N)c3ccccc3)CC2)c(Cl)c1. The zero-order chi connectivity index (χ0) is 19.9. The van der Waals surface area contributed by atoms with Gasteiger partial charge in [0.05, 0.1) is 22.7 Å². The van der Waals surface area contributed by atoms with Crippen LogP contribution in [0, 0.1) is 22.7 Å². The van der Waals surface area contributed by atoms with Crippen LogP contribution in [0.3, 0.4) is 0 Å². The Bertz CT molecular complexity index is 912. The third-order valence-corrected chi connectivity index (χ3v) is 4.98. The highest BCUT2D eigenvalue weighted by molar-refractivity contribution is 6.32. The molecule has 0 spiro atoms. The van der Waals surface area contributed by atoms with Gasteiger partial charge in [0.15, 0.2) is 6.61 Å². The Morgan fingerprint density at radius 2 is 1.82 bits per heavy atom. The minimum Gasteiger partial charge on any atom is -0.482 e. The summed E-state index contributed by atoms with van der Waals surface area (Å²) in [6.07, 6.45) is 0. The lowest BCUT2D eigenvalue weighted by Gasteiger charge is -2.37. The van der Waals surface area contributed by atoms with Crippen LogP contribution in [0.4, 0.5) is 0 Å². The minimum atomic E-state index is -0.313. The number of rotatable bonds is 5. The van der Waals surface area contributed by atoms with E-state index in [2.05, 4.69) is 11.0 Å². The molecule has 1 aliphatic heterocycles. The van der Waals surface area contributed by atoms with E-state index in [1.165, 1.54) is 6.07 Å². The highest BCUT2D eigenvalue weighted by Crippen LogP contribution is 2.25. The first-order chi connectivity index (χ1) is 13.6. The normalized spacial score (nSPS) is 15.3. The van der Waals surface area contributed by atoms with Gasteiger partial charge in [0, 0.05) is 26.2 Å². The van der Waals surface area contributed by atoms with Crippen molar-refractivity contribution in [2.45, 2.75) is 6.04 Å². The fraction of sp³-hybridized carbons (Fsp3) is 0.286. The van der Waals surface area contributed by atoms with Crippen LogP contribution in [0.15, 0.2) is 48.5 Å². The molecule has 3 rings (SSSR count). The second-order valence-electron chi connectivity index (χ2n) is 6.40. The number of hydrogen-bond acceptors (Lipinski definition) is 5. The molecule has 28 heavy (non-hydrogen) atoms. The standard InChI is InChI=1S/C21H19ClN4O2/c22-18-12-16(13-23)6-7-20(18)28-15-21(27)26-10-8-25(9-11-26)19(14-24)17-4-2-1-3-5-17/h1-7,12,19H,8-11,15H2. The summed E-state index contributed by atoms with van der Waals surface area (Å²) in [5.41, 5.74) is 1.40. The van der Waals surface area contributed by atoms with E-state index in [4.69, 9.17) is 21.6 Å². The van der Waals surface area contributed by atoms with Gasteiger partial charge in [-0.15, -0.1) is 0 Å². The molecule has 0 aromatic heterocycles. The fourth-order valence-corrected chi connectivity index (χ4v) is 3.39. The molecule has 1 amide bonds. The smallest absolute Gasteiger partial charge is 0.260 e. The van der Waals surface area contributed by atoms with Crippen LogP contribution in [-0.4, -0.2) is 48.5 Å². The molecule has 142 valence electrons. The molecule has 1 heterocycles. The number of nitrogens with zero attached hydrogens (tertiary/aromatic N) is 4. The first kappa shape index (κ1) is 19.7. The van der Waals surface area contributed by atoms with Gasteiger partial charge in [-0.25, -0.2) is 0 Å². The van der Waals surface area contributed by atoms with Crippen molar-refractivity contribution < 1.29 is 9.53 Å². The van der Waals surface area contributed by atoms with Crippen molar-refractivity contribution in [1.29, 1.82) is 10.5 Å². The van der Waals surface area contributed by atoms with Gasteiger partial charge in [-0.1, -0.05) is 41.9 Å². The Labute approximate surface area is 169 Å². The van der Waals surface area contributed by atoms with Crippen LogP contribution in [0.25, 0.3) is 0 Å². The Balaban J connectivity index is 1.53. The average molecular weight is 395 g/mol. The van der Waals surface area contributed by atoms with Gasteiger partial charge < -0.3 is 9.64 Å². The maximum atomic E-state index is 12.4. The molecule has 1 aliphatic rings. The molecule has 1 fully saturated rings. The van der Waals surface area contributed by atoms with Crippen molar-refractivity contribution in [3.63, 3.8) is 0 Å². The number of nitriles is 2. The molecule has 0 N–H and O–H groups in total. The number of piperazine rings is 1. The zero-order valence-electron chi connectivity index (χ0n) is 15.2. The minimum absolute atomic E-state index is 0.119. The molecule has 2 aromatic carbocycles. The maximum absolute atomic E-state index is 12.4. The van der Waals surface area contributed by atoms with Crippen LogP contribution in [0.2, 0.25) is 5.02 Å². The summed E-state index contributed by atoms with van der Waals surface area (Å²) in [5.74, 6) is 0.245. The zero-order valence-corrected chi connectivity index (χ0v) is 16.0. The molecule has 6 nitrogen and oxygen atoms in total. The largest absolute Gasteiger partial charge is 0.482 e. The lowest BCUT2D eigenvalue weighted by atomic mass is 10.1. The Hall–Kier alpha value is -3.06. The number of amides is 1. The summed E-state index contributed by atoms with van der Waals surface area (Å²) in [7, 11) is 0. The fourth-order valence-electron chi connectivity index (χ4n) is 3.15. The maximum Gasteiger partial charge on any atom is 0.260 e. The number of halogens is 1. The number of carbonyl (C=O) groups excluding carboxylic acids is 1. The summed E-state index contributed by atoms with van der Waals surface area (Å²) in [4.78, 5) is 16.3. The Morgan fingerprint density at radius 1 is 1.11 bits per heavy atom. The number of benzene rings is 2. The van der Waals surface area contributed by atoms with Gasteiger partial charge in [0.2, 0.25) is 0 Å². The van der Waals surface area contributed by atoms with Gasteiger partial charge in [0.1, 0.15) is 11.8 Å². The third-order valence-electron chi connectivity index (χ3n) is 4.68. The highest BCUT2D eigenvalue weighted by Gasteiger charge is 2.27. The van der Waals surface area contributed by atoms with Crippen molar-refractivity contribution in [3.8, 4) is 17.9 Å². The van der Waals surface area contributed by atoms with Crippen molar-refractivity contribution in [3.05, 3.63) is 64.7 Å². The van der Waals surface area contributed by atoms with E-state index in [9.17, 15) is 10.1 Å². The van der Waals surface area contributed by atoms with Crippen molar-refractivity contribution in [2.75, 3.05) is 32.8 Å². The van der Waals surface area contributed by atoms with E-state index in [0.717, 1.165) is 5.56 Å². The number of ether oxygens (including phenoxy) is 1. The molecule has 1 saturated heterocycles. The molecule has 0 saturated carbocycles. The van der Waals surface area contributed by atoms with E-state index in [1.807, 2.05) is 36.4 Å². The quantitative estimate of drug-likeness (QED) is 0.778. The van der Waals surface area contributed by atoms with Crippen LogP contribution < -0.4 is 4.74 Å². The van der Waals surface area contributed by atoms with E-state index >= 15 is 0 Å². The van der Waals surface area contributed by atoms with E-state index in [1.54, 1.807) is 17.0 Å². The second-order valence-corrected chi connectivity index (χ2v) is 6.81. The summed E-state index contributed by atoms with van der Waals surface area (Å²) in [6.45, 7) is 2.20. The average Bonchev–Trinajstić information content (AvgIpc) is 2.74. The van der Waals surface area contributed by atoms with Crippen molar-refractivity contribution in [2.24, 2.45) is 0 Å². The molecule has 0 bridgehead atoms. The molecule has 1 unspecified atom stereocenters. The monoisotopic (exact) mass is 394 g/mol. The van der Waals surface area contributed by atoms with Gasteiger partial charge in [-0.05, 0) is 23.8 Å². The molecule has 7 heteroatoms. The topological polar surface area (TPSA) is 80.4 Å². The van der Waals surface area contributed by atoms with Crippen molar-refractivity contribution >= 4 is 17.5 Å². The molecular formula is C21H19ClN4O2. The summed E-state index contributed by atoms with van der Waals surface area (Å²) >= 11 is 6.07. The van der Waals surface area contributed by atoms with Crippen molar-refractivity contribution in [1.82, 2.24) is 9.80 Å². The predicted molar refractivity (Wildman–Crippen MR) is 105 cm³/mol. The van der Waals surface area contributed by atoms with E-state index < -0.39 is 0 Å². The van der Waals surface area contributed by atoms with Crippen LogP contribution in [-0.2, 0) is 4.79 Å². The Morgan fingerprint density at radius 3 is 2.43 bits per heavy atom. The van der Waals surface area contributed by atoms with E-state index in [-0.39, 0.29) is 18.6 Å². The lowest BCUT2D eigenvalue weighted by molar-refractivity contribution is -0.135. The van der Waals surface area contributed by atoms with Gasteiger partial charge in [-0.2, -0.15) is 10.5 Å². The second kappa shape index (κ2) is 9.23. The lowest BCUT2D eigenvalue weighted by Crippen LogP contribution is -2.50. The van der Waals surface area contributed by atoms with Crippen LogP contribution in [0.5, 0.6) is 5.75 Å². The predicted octanol–water partition coefficient (Wildman–Crippen LogP) is 3.00. The van der Waals surface area contributed by atoms with Gasteiger partial charge in [-0.3, -0.25) is 9.69 Å². The van der Waals surface area contributed by atoms with Gasteiger partial charge >= 0.3 is 0 Å². The molecular weight excluding hydrogens is 376 g/mol. The molecule has 2 aromatic rings. The molecule has 0 aliphatic carbocycles. The Kier molecular flexibility index (Phi) is 6.49. The summed E-state index contributed by atoms with van der Waals surface area (Å²) < 4.78 is 5.52. The first-order valence-electron chi connectivity index (χ1n) is 8.91. The summed E-state index contributed by atoms with van der Waals surface area (Å²) in [6, 6.07) is 18.4.